The molecule has 1 atom stereocenters. The fraction of sp³-hybridized carbons (Fsp3) is 0.429. The minimum Gasteiger partial charge on any atom is -0.465 e. The molecule has 6 nitrogen and oxygen atoms in total. The number of fused-ring (bicyclic) bond motifs is 1. The minimum atomic E-state index is -0.424. The van der Waals surface area contributed by atoms with Crippen molar-refractivity contribution in [3.05, 3.63) is 51.9 Å². The molecule has 7 heteroatoms. The second-order valence-corrected chi connectivity index (χ2v) is 8.11. The molecule has 1 aromatic carbocycles. The van der Waals surface area contributed by atoms with Crippen LogP contribution in [0, 0.1) is 0 Å². The number of benzene rings is 1. The molecule has 0 saturated carbocycles. The summed E-state index contributed by atoms with van der Waals surface area (Å²) in [6.07, 6.45) is 2.85. The molecule has 0 bridgehead atoms. The summed E-state index contributed by atoms with van der Waals surface area (Å²) in [5.41, 5.74) is 2.50. The van der Waals surface area contributed by atoms with Crippen molar-refractivity contribution in [1.29, 1.82) is 0 Å². The van der Waals surface area contributed by atoms with Crippen molar-refractivity contribution in [2.75, 3.05) is 38.7 Å². The molecule has 1 N–H and O–H groups in total. The van der Waals surface area contributed by atoms with E-state index >= 15 is 0 Å². The lowest BCUT2D eigenvalue weighted by molar-refractivity contribution is -0.123. The van der Waals surface area contributed by atoms with Crippen LogP contribution in [0.25, 0.3) is 0 Å². The Labute approximate surface area is 168 Å². The van der Waals surface area contributed by atoms with E-state index in [4.69, 9.17) is 9.47 Å². The average molecular weight is 401 g/mol. The molecule has 1 aliphatic heterocycles. The quantitative estimate of drug-likeness (QED) is 0.782. The van der Waals surface area contributed by atoms with E-state index in [0.717, 1.165) is 30.4 Å². The fourth-order valence-electron chi connectivity index (χ4n) is 3.99. The Hall–Kier alpha value is -2.22. The molecule has 28 heavy (non-hydrogen) atoms. The number of methoxy groups -OCH3 is 1. The Kier molecular flexibility index (Phi) is 5.75. The van der Waals surface area contributed by atoms with E-state index in [1.54, 1.807) is 0 Å². The molecule has 0 spiro atoms. The van der Waals surface area contributed by atoms with Crippen LogP contribution in [0.5, 0.6) is 0 Å². The van der Waals surface area contributed by atoms with Crippen LogP contribution in [0.3, 0.4) is 0 Å². The lowest BCUT2D eigenvalue weighted by Crippen LogP contribution is -2.43. The van der Waals surface area contributed by atoms with Crippen LogP contribution in [-0.2, 0) is 27.1 Å². The summed E-state index contributed by atoms with van der Waals surface area (Å²) in [4.78, 5) is 29.1. The molecule has 4 rings (SSSR count). The molecule has 2 aliphatic rings. The second-order valence-electron chi connectivity index (χ2n) is 7.00. The third kappa shape index (κ3) is 3.70. The van der Waals surface area contributed by atoms with Crippen molar-refractivity contribution in [2.24, 2.45) is 0 Å². The summed E-state index contributed by atoms with van der Waals surface area (Å²) < 4.78 is 10.5. The molecule has 1 aliphatic carbocycles. The number of hydrogen-bond donors (Lipinski definition) is 1. The van der Waals surface area contributed by atoms with E-state index in [1.807, 2.05) is 30.3 Å². The van der Waals surface area contributed by atoms with E-state index < -0.39 is 6.04 Å². The van der Waals surface area contributed by atoms with Crippen molar-refractivity contribution in [3.8, 4) is 0 Å². The maximum Gasteiger partial charge on any atom is 0.341 e. The molecule has 2 aromatic rings. The van der Waals surface area contributed by atoms with Crippen molar-refractivity contribution in [1.82, 2.24) is 4.90 Å². The van der Waals surface area contributed by atoms with E-state index in [2.05, 4.69) is 10.2 Å². The predicted octanol–water partition coefficient (Wildman–Crippen LogP) is 3.04. The van der Waals surface area contributed by atoms with Gasteiger partial charge in [0, 0.05) is 18.0 Å². The molecule has 1 fully saturated rings. The smallest absolute Gasteiger partial charge is 0.341 e. The van der Waals surface area contributed by atoms with E-state index in [-0.39, 0.29) is 11.9 Å². The maximum absolute atomic E-state index is 13.4. The number of nitrogens with one attached hydrogen (secondary N) is 1. The third-order valence-corrected chi connectivity index (χ3v) is 6.53. The van der Waals surface area contributed by atoms with Gasteiger partial charge in [0.2, 0.25) is 5.91 Å². The monoisotopic (exact) mass is 400 g/mol. The zero-order valence-electron chi connectivity index (χ0n) is 15.9. The number of aryl methyl sites for hydroxylation is 1. The number of ether oxygens (including phenoxy) is 2. The Morgan fingerprint density at radius 3 is 2.64 bits per heavy atom. The van der Waals surface area contributed by atoms with Crippen molar-refractivity contribution in [2.45, 2.75) is 25.3 Å². The minimum absolute atomic E-state index is 0.127. The highest BCUT2D eigenvalue weighted by molar-refractivity contribution is 7.17. The summed E-state index contributed by atoms with van der Waals surface area (Å²) in [7, 11) is 1.38. The molecule has 1 saturated heterocycles. The van der Waals surface area contributed by atoms with Crippen LogP contribution >= 0.6 is 11.3 Å². The zero-order chi connectivity index (χ0) is 19.5. The maximum atomic E-state index is 13.4. The molecule has 2 heterocycles. The van der Waals surface area contributed by atoms with Crippen molar-refractivity contribution < 1.29 is 19.1 Å². The number of morpholine rings is 1. The molecule has 148 valence electrons. The number of thiophene rings is 1. The van der Waals surface area contributed by atoms with Gasteiger partial charge in [-0.1, -0.05) is 30.3 Å². The van der Waals surface area contributed by atoms with Crippen LogP contribution < -0.4 is 5.32 Å². The molecular weight excluding hydrogens is 376 g/mol. The summed E-state index contributed by atoms with van der Waals surface area (Å²) in [5.74, 6) is -0.504. The molecule has 1 amide bonds. The van der Waals surface area contributed by atoms with Gasteiger partial charge in [0.15, 0.2) is 0 Å². The zero-order valence-corrected chi connectivity index (χ0v) is 16.7. The summed E-state index contributed by atoms with van der Waals surface area (Å²) in [5, 5.41) is 3.65. The largest absolute Gasteiger partial charge is 0.465 e. The first-order valence-electron chi connectivity index (χ1n) is 9.59. The average Bonchev–Trinajstić information content (AvgIpc) is 3.30. The van der Waals surface area contributed by atoms with Gasteiger partial charge < -0.3 is 14.8 Å². The van der Waals surface area contributed by atoms with Gasteiger partial charge in [0.25, 0.3) is 0 Å². The van der Waals surface area contributed by atoms with Crippen LogP contribution in [0.2, 0.25) is 0 Å². The predicted molar refractivity (Wildman–Crippen MR) is 108 cm³/mol. The Morgan fingerprint density at radius 2 is 1.93 bits per heavy atom. The molecular formula is C21H24N2O4S. The Bertz CT molecular complexity index is 859. The number of amides is 1. The highest BCUT2D eigenvalue weighted by Gasteiger charge is 2.32. The normalized spacial score (nSPS) is 17.8. The highest BCUT2D eigenvalue weighted by atomic mass is 32.1. The number of carbonyl (C=O) groups excluding carboxylic acids is 2. The van der Waals surface area contributed by atoms with Crippen molar-refractivity contribution in [3.63, 3.8) is 0 Å². The first kappa shape index (κ1) is 19.1. The van der Waals surface area contributed by atoms with Gasteiger partial charge in [-0.05, 0) is 30.4 Å². The standard InChI is InChI=1S/C21H24N2O4S/c1-26-21(25)17-15-8-5-9-16(15)28-20(17)22-19(24)18(14-6-3-2-4-7-14)23-10-12-27-13-11-23/h2-4,6-7,18H,5,8-13H2,1H3,(H,22,24)/t18-/m1/s1. The molecule has 1 aromatic heterocycles. The number of rotatable bonds is 5. The van der Waals surface area contributed by atoms with Crippen LogP contribution in [0.4, 0.5) is 5.00 Å². The lowest BCUT2D eigenvalue weighted by atomic mass is 10.0. The molecule has 0 unspecified atom stereocenters. The van der Waals surface area contributed by atoms with Gasteiger partial charge in [0.1, 0.15) is 11.0 Å². The first-order valence-corrected chi connectivity index (χ1v) is 10.4. The Morgan fingerprint density at radius 1 is 1.18 bits per heavy atom. The summed E-state index contributed by atoms with van der Waals surface area (Å²) in [6.45, 7) is 2.60. The fourth-order valence-corrected chi connectivity index (χ4v) is 5.27. The number of carbonyl (C=O) groups is 2. The highest BCUT2D eigenvalue weighted by Crippen LogP contribution is 2.40. The molecule has 0 radical (unpaired) electrons. The summed E-state index contributed by atoms with van der Waals surface area (Å²) >= 11 is 1.50. The van der Waals surface area contributed by atoms with Gasteiger partial charge in [-0.25, -0.2) is 4.79 Å². The number of nitrogens with zero attached hydrogens (tertiary/aromatic N) is 1. The van der Waals surface area contributed by atoms with Crippen LogP contribution in [0.1, 0.15) is 38.8 Å². The number of esters is 1. The van der Waals surface area contributed by atoms with Gasteiger partial charge in [-0.15, -0.1) is 11.3 Å². The van der Waals surface area contributed by atoms with Crippen LogP contribution in [0.15, 0.2) is 30.3 Å². The summed E-state index contributed by atoms with van der Waals surface area (Å²) in [6, 6.07) is 9.33. The second kappa shape index (κ2) is 8.43. The van der Waals surface area contributed by atoms with Gasteiger partial charge in [-0.2, -0.15) is 0 Å². The number of hydrogen-bond acceptors (Lipinski definition) is 6. The lowest BCUT2D eigenvalue weighted by Gasteiger charge is -2.33. The van der Waals surface area contributed by atoms with Gasteiger partial charge >= 0.3 is 5.97 Å². The topological polar surface area (TPSA) is 67.9 Å². The number of anilines is 1. The van der Waals surface area contributed by atoms with Gasteiger partial charge in [-0.3, -0.25) is 9.69 Å². The van der Waals surface area contributed by atoms with E-state index in [1.165, 1.54) is 23.3 Å². The van der Waals surface area contributed by atoms with Crippen LogP contribution in [-0.4, -0.2) is 50.2 Å². The first-order chi connectivity index (χ1) is 13.7. The van der Waals surface area contributed by atoms with Gasteiger partial charge in [0.05, 0.1) is 25.9 Å². The van der Waals surface area contributed by atoms with E-state index in [9.17, 15) is 9.59 Å². The SMILES string of the molecule is COC(=O)c1c(NC(=O)[C@@H](c2ccccc2)N2CCOCC2)sc2c1CCC2. The Balaban J connectivity index is 1.64. The van der Waals surface area contributed by atoms with E-state index in [0.29, 0.717) is 36.9 Å². The third-order valence-electron chi connectivity index (χ3n) is 5.32. The van der Waals surface area contributed by atoms with Crippen molar-refractivity contribution >= 4 is 28.2 Å².